The van der Waals surface area contributed by atoms with Gasteiger partial charge in [0.25, 0.3) is 0 Å². The van der Waals surface area contributed by atoms with Gasteiger partial charge in [-0.05, 0) is 30.3 Å². The lowest BCUT2D eigenvalue weighted by atomic mass is 10.2. The minimum atomic E-state index is -0.659. The van der Waals surface area contributed by atoms with E-state index in [9.17, 15) is 8.78 Å². The van der Waals surface area contributed by atoms with Crippen LogP contribution < -0.4 is 10.6 Å². The van der Waals surface area contributed by atoms with Gasteiger partial charge >= 0.3 is 0 Å². The van der Waals surface area contributed by atoms with Crippen molar-refractivity contribution in [2.75, 3.05) is 11.9 Å². The minimum absolute atomic E-state index is 0.219. The number of nitrogens with one attached hydrogen (secondary N) is 2. The predicted molar refractivity (Wildman–Crippen MR) is 65.4 cm³/mol. The summed E-state index contributed by atoms with van der Waals surface area (Å²) in [4.78, 5) is 0. The quantitative estimate of drug-likeness (QED) is 0.799. The number of para-hydroxylation sites is 1. The van der Waals surface area contributed by atoms with Crippen molar-refractivity contribution in [2.45, 2.75) is 13.8 Å². The Kier molecular flexibility index (Phi) is 4.61. The maximum absolute atomic E-state index is 13.2. The molecular formula is C11H14F2N2S. The fourth-order valence-corrected chi connectivity index (χ4v) is 1.26. The lowest BCUT2D eigenvalue weighted by Gasteiger charge is -2.13. The number of hydrogen-bond acceptors (Lipinski definition) is 1. The minimum Gasteiger partial charge on any atom is -0.362 e. The molecule has 0 atom stereocenters. The molecule has 2 nitrogen and oxygen atoms in total. The molecule has 0 unspecified atom stereocenters. The average molecular weight is 244 g/mol. The second-order valence-electron chi connectivity index (χ2n) is 3.83. The van der Waals surface area contributed by atoms with E-state index in [1.165, 1.54) is 18.2 Å². The zero-order valence-electron chi connectivity index (χ0n) is 9.18. The molecule has 0 aliphatic rings. The Bertz CT molecular complexity index is 360. The number of rotatable bonds is 3. The molecular weight excluding hydrogens is 230 g/mol. The molecule has 88 valence electrons. The molecule has 5 heteroatoms. The Labute approximate surface area is 99.0 Å². The summed E-state index contributed by atoms with van der Waals surface area (Å²) < 4.78 is 26.4. The van der Waals surface area contributed by atoms with Crippen LogP contribution in [0.15, 0.2) is 18.2 Å². The van der Waals surface area contributed by atoms with Crippen LogP contribution >= 0.6 is 12.2 Å². The van der Waals surface area contributed by atoms with Gasteiger partial charge in [0.2, 0.25) is 0 Å². The topological polar surface area (TPSA) is 24.1 Å². The van der Waals surface area contributed by atoms with Crippen LogP contribution in [0.4, 0.5) is 14.5 Å². The van der Waals surface area contributed by atoms with Gasteiger partial charge in [0.1, 0.15) is 17.3 Å². The van der Waals surface area contributed by atoms with E-state index in [4.69, 9.17) is 12.2 Å². The highest BCUT2D eigenvalue weighted by Crippen LogP contribution is 2.17. The fourth-order valence-electron chi connectivity index (χ4n) is 1.07. The summed E-state index contributed by atoms with van der Waals surface area (Å²) in [7, 11) is 0. The van der Waals surface area contributed by atoms with Crippen molar-refractivity contribution >= 4 is 23.0 Å². The average Bonchev–Trinajstić information content (AvgIpc) is 2.21. The van der Waals surface area contributed by atoms with Gasteiger partial charge in [-0.1, -0.05) is 19.9 Å². The maximum Gasteiger partial charge on any atom is 0.170 e. The molecule has 1 aromatic carbocycles. The highest BCUT2D eigenvalue weighted by Gasteiger charge is 2.09. The van der Waals surface area contributed by atoms with E-state index in [1.807, 2.05) is 13.8 Å². The first kappa shape index (κ1) is 12.8. The van der Waals surface area contributed by atoms with Gasteiger partial charge in [0.05, 0.1) is 0 Å². The van der Waals surface area contributed by atoms with Crippen molar-refractivity contribution in [3.05, 3.63) is 29.8 Å². The fraction of sp³-hybridized carbons (Fsp3) is 0.364. The van der Waals surface area contributed by atoms with Gasteiger partial charge in [-0.3, -0.25) is 0 Å². The molecule has 0 heterocycles. The van der Waals surface area contributed by atoms with Crippen molar-refractivity contribution in [1.29, 1.82) is 0 Å². The molecule has 0 saturated heterocycles. The Morgan fingerprint density at radius 3 is 2.38 bits per heavy atom. The summed E-state index contributed by atoms with van der Waals surface area (Å²) in [5.41, 5.74) is -0.219. The largest absolute Gasteiger partial charge is 0.362 e. The summed E-state index contributed by atoms with van der Waals surface area (Å²) in [6.45, 7) is 4.68. The van der Waals surface area contributed by atoms with Crippen molar-refractivity contribution in [2.24, 2.45) is 5.92 Å². The first-order valence-electron chi connectivity index (χ1n) is 4.99. The van der Waals surface area contributed by atoms with Crippen molar-refractivity contribution in [1.82, 2.24) is 5.32 Å². The van der Waals surface area contributed by atoms with Gasteiger partial charge < -0.3 is 10.6 Å². The molecule has 2 N–H and O–H groups in total. The number of anilines is 1. The van der Waals surface area contributed by atoms with Crippen molar-refractivity contribution in [3.63, 3.8) is 0 Å². The number of hydrogen-bond donors (Lipinski definition) is 2. The lowest BCUT2D eigenvalue weighted by Crippen LogP contribution is -2.32. The Hall–Kier alpha value is -1.23. The van der Waals surface area contributed by atoms with Crippen LogP contribution in [0.3, 0.4) is 0 Å². The third-order valence-corrected chi connectivity index (χ3v) is 2.12. The van der Waals surface area contributed by atoms with Crippen molar-refractivity contribution < 1.29 is 8.78 Å². The highest BCUT2D eigenvalue weighted by molar-refractivity contribution is 7.80. The molecule has 0 saturated carbocycles. The SMILES string of the molecule is CC(C)CNC(=S)Nc1c(F)cccc1F. The zero-order valence-corrected chi connectivity index (χ0v) is 10.00. The summed E-state index contributed by atoms with van der Waals surface area (Å²) in [5, 5.41) is 5.60. The Morgan fingerprint density at radius 1 is 1.31 bits per heavy atom. The smallest absolute Gasteiger partial charge is 0.170 e. The molecule has 0 amide bonds. The first-order valence-corrected chi connectivity index (χ1v) is 5.40. The maximum atomic E-state index is 13.2. The number of halogens is 2. The summed E-state index contributed by atoms with van der Waals surface area (Å²) in [5.74, 6) is -0.910. The Morgan fingerprint density at radius 2 is 1.88 bits per heavy atom. The second-order valence-corrected chi connectivity index (χ2v) is 4.23. The van der Waals surface area contributed by atoms with Crippen LogP contribution in [0, 0.1) is 17.6 Å². The highest BCUT2D eigenvalue weighted by atomic mass is 32.1. The molecule has 0 aliphatic heterocycles. The van der Waals surface area contributed by atoms with Gasteiger partial charge in [0, 0.05) is 6.54 Å². The molecule has 0 aromatic heterocycles. The monoisotopic (exact) mass is 244 g/mol. The predicted octanol–water partition coefficient (Wildman–Crippen LogP) is 2.91. The van der Waals surface area contributed by atoms with Gasteiger partial charge in [-0.2, -0.15) is 0 Å². The summed E-state index contributed by atoms with van der Waals surface area (Å²) in [6, 6.07) is 3.66. The molecule has 0 bridgehead atoms. The Balaban J connectivity index is 2.63. The zero-order chi connectivity index (χ0) is 12.1. The number of benzene rings is 1. The summed E-state index contributed by atoms with van der Waals surface area (Å²) in [6.07, 6.45) is 0. The standard InChI is InChI=1S/C11H14F2N2S/c1-7(2)6-14-11(16)15-10-8(12)4-3-5-9(10)13/h3-5,7H,6H2,1-2H3,(H2,14,15,16). The molecule has 1 aromatic rings. The van der Waals surface area contributed by atoms with E-state index in [0.717, 1.165) is 0 Å². The van der Waals surface area contributed by atoms with E-state index in [1.54, 1.807) is 0 Å². The molecule has 0 aliphatic carbocycles. The van der Waals surface area contributed by atoms with E-state index in [2.05, 4.69) is 10.6 Å². The van der Waals surface area contributed by atoms with E-state index in [-0.39, 0.29) is 10.8 Å². The van der Waals surface area contributed by atoms with E-state index in [0.29, 0.717) is 12.5 Å². The number of thiocarbonyl (C=S) groups is 1. The van der Waals surface area contributed by atoms with E-state index >= 15 is 0 Å². The third-order valence-electron chi connectivity index (χ3n) is 1.87. The van der Waals surface area contributed by atoms with Crippen LogP contribution in [0.2, 0.25) is 0 Å². The third kappa shape index (κ3) is 3.73. The van der Waals surface area contributed by atoms with Crippen LogP contribution in [-0.2, 0) is 0 Å². The van der Waals surface area contributed by atoms with Gasteiger partial charge in [-0.15, -0.1) is 0 Å². The second kappa shape index (κ2) is 5.75. The van der Waals surface area contributed by atoms with Crippen LogP contribution in [0.25, 0.3) is 0 Å². The van der Waals surface area contributed by atoms with Gasteiger partial charge in [-0.25, -0.2) is 8.78 Å². The van der Waals surface area contributed by atoms with Gasteiger partial charge in [0.15, 0.2) is 5.11 Å². The normalized spacial score (nSPS) is 10.3. The molecule has 0 fully saturated rings. The molecule has 0 spiro atoms. The lowest BCUT2D eigenvalue weighted by molar-refractivity contribution is 0.590. The first-order chi connectivity index (χ1) is 7.50. The van der Waals surface area contributed by atoms with Crippen molar-refractivity contribution in [3.8, 4) is 0 Å². The van der Waals surface area contributed by atoms with Crippen LogP contribution in [0.1, 0.15) is 13.8 Å². The van der Waals surface area contributed by atoms with Crippen LogP contribution in [-0.4, -0.2) is 11.7 Å². The molecule has 1 rings (SSSR count). The molecule has 0 radical (unpaired) electrons. The van der Waals surface area contributed by atoms with Crippen LogP contribution in [0.5, 0.6) is 0 Å². The van der Waals surface area contributed by atoms with E-state index < -0.39 is 11.6 Å². The molecule has 16 heavy (non-hydrogen) atoms. The summed E-state index contributed by atoms with van der Waals surface area (Å²) >= 11 is 4.92.